The first-order chi connectivity index (χ1) is 9.22. The molecule has 3 aromatic rings. The van der Waals surface area contributed by atoms with Gasteiger partial charge in [-0.15, -0.1) is 11.3 Å². The van der Waals surface area contributed by atoms with E-state index in [4.69, 9.17) is 4.74 Å². The number of para-hydroxylation sites is 1. The van der Waals surface area contributed by atoms with E-state index in [0.717, 1.165) is 4.88 Å². The lowest BCUT2D eigenvalue weighted by molar-refractivity contribution is 0.293. The van der Waals surface area contributed by atoms with Crippen LogP contribution in [0.15, 0.2) is 48.5 Å². The predicted octanol–water partition coefficient (Wildman–Crippen LogP) is 4.93. The molecule has 19 heavy (non-hydrogen) atoms. The molecule has 0 saturated heterocycles. The summed E-state index contributed by atoms with van der Waals surface area (Å²) in [5.41, 5.74) is 1.24. The number of hydrogen-bond acceptors (Lipinski definition) is 2. The van der Waals surface area contributed by atoms with E-state index in [9.17, 15) is 4.39 Å². The molecule has 0 aliphatic carbocycles. The number of benzene rings is 2. The topological polar surface area (TPSA) is 9.23 Å². The summed E-state index contributed by atoms with van der Waals surface area (Å²) in [6, 6.07) is 14.9. The normalized spacial score (nSPS) is 10.8. The van der Waals surface area contributed by atoms with E-state index in [-0.39, 0.29) is 5.82 Å². The standard InChI is InChI=1S/C16H13FOS/c1-11-6-7-16-12(8-11)9-13(19-16)10-18-15-5-3-2-4-14(15)17/h2-9H,10H2,1H3. The molecule has 0 spiro atoms. The van der Waals surface area contributed by atoms with E-state index < -0.39 is 0 Å². The Morgan fingerprint density at radius 2 is 1.95 bits per heavy atom. The summed E-state index contributed by atoms with van der Waals surface area (Å²) in [4.78, 5) is 1.10. The zero-order valence-corrected chi connectivity index (χ0v) is 11.3. The Kier molecular flexibility index (Phi) is 3.22. The van der Waals surface area contributed by atoms with Crippen LogP contribution in [0.4, 0.5) is 4.39 Å². The third-order valence-corrected chi connectivity index (χ3v) is 4.02. The average molecular weight is 272 g/mol. The zero-order chi connectivity index (χ0) is 13.2. The number of fused-ring (bicyclic) bond motifs is 1. The molecule has 96 valence electrons. The molecule has 0 saturated carbocycles. The van der Waals surface area contributed by atoms with Crippen LogP contribution >= 0.6 is 11.3 Å². The molecule has 0 aliphatic heterocycles. The van der Waals surface area contributed by atoms with Gasteiger partial charge in [0.1, 0.15) is 6.61 Å². The monoisotopic (exact) mass is 272 g/mol. The van der Waals surface area contributed by atoms with Crippen LogP contribution in [-0.2, 0) is 6.61 Å². The van der Waals surface area contributed by atoms with Gasteiger partial charge in [0, 0.05) is 9.58 Å². The smallest absolute Gasteiger partial charge is 0.165 e. The molecular formula is C16H13FOS. The summed E-state index contributed by atoms with van der Waals surface area (Å²) >= 11 is 1.68. The largest absolute Gasteiger partial charge is 0.485 e. The van der Waals surface area contributed by atoms with Gasteiger partial charge in [-0.3, -0.25) is 0 Å². The van der Waals surface area contributed by atoms with Crippen molar-refractivity contribution in [1.82, 2.24) is 0 Å². The highest BCUT2D eigenvalue weighted by molar-refractivity contribution is 7.19. The van der Waals surface area contributed by atoms with Gasteiger partial charge in [-0.1, -0.05) is 29.8 Å². The molecule has 1 aromatic heterocycles. The Morgan fingerprint density at radius 1 is 1.11 bits per heavy atom. The van der Waals surface area contributed by atoms with Crippen LogP contribution in [0.2, 0.25) is 0 Å². The van der Waals surface area contributed by atoms with E-state index in [0.29, 0.717) is 12.4 Å². The van der Waals surface area contributed by atoms with Gasteiger partial charge in [-0.25, -0.2) is 4.39 Å². The molecule has 1 heterocycles. The lowest BCUT2D eigenvalue weighted by Crippen LogP contribution is -1.94. The van der Waals surface area contributed by atoms with Crippen molar-refractivity contribution in [3.63, 3.8) is 0 Å². The van der Waals surface area contributed by atoms with Crippen LogP contribution in [0.1, 0.15) is 10.4 Å². The highest BCUT2D eigenvalue weighted by Gasteiger charge is 2.05. The van der Waals surface area contributed by atoms with Gasteiger partial charge in [-0.2, -0.15) is 0 Å². The summed E-state index contributed by atoms with van der Waals surface area (Å²) in [6.07, 6.45) is 0. The van der Waals surface area contributed by atoms with E-state index in [1.165, 1.54) is 21.7 Å². The van der Waals surface area contributed by atoms with Gasteiger partial charge in [0.15, 0.2) is 11.6 Å². The van der Waals surface area contributed by atoms with Crippen LogP contribution in [0.25, 0.3) is 10.1 Å². The van der Waals surface area contributed by atoms with Crippen LogP contribution in [0.5, 0.6) is 5.75 Å². The number of halogens is 1. The Bertz CT molecular complexity index is 718. The van der Waals surface area contributed by atoms with Crippen LogP contribution in [0.3, 0.4) is 0 Å². The number of ether oxygens (including phenoxy) is 1. The first-order valence-electron chi connectivity index (χ1n) is 6.09. The van der Waals surface area contributed by atoms with Gasteiger partial charge in [-0.05, 0) is 36.6 Å². The highest BCUT2D eigenvalue weighted by Crippen LogP contribution is 2.27. The first kappa shape index (κ1) is 12.2. The van der Waals surface area contributed by atoms with E-state index in [1.54, 1.807) is 29.5 Å². The zero-order valence-electron chi connectivity index (χ0n) is 10.5. The molecular weight excluding hydrogens is 259 g/mol. The molecule has 3 heteroatoms. The van der Waals surface area contributed by atoms with E-state index in [2.05, 4.69) is 31.2 Å². The average Bonchev–Trinajstić information content (AvgIpc) is 2.79. The molecule has 0 unspecified atom stereocenters. The van der Waals surface area contributed by atoms with Crippen molar-refractivity contribution in [2.75, 3.05) is 0 Å². The predicted molar refractivity (Wildman–Crippen MR) is 77.3 cm³/mol. The molecule has 0 fully saturated rings. The minimum atomic E-state index is -0.320. The van der Waals surface area contributed by atoms with Crippen molar-refractivity contribution in [2.45, 2.75) is 13.5 Å². The fraction of sp³-hybridized carbons (Fsp3) is 0.125. The summed E-state index contributed by atoms with van der Waals surface area (Å²) in [5, 5.41) is 1.22. The van der Waals surface area contributed by atoms with E-state index in [1.807, 2.05) is 0 Å². The molecule has 1 nitrogen and oxygen atoms in total. The van der Waals surface area contributed by atoms with Crippen molar-refractivity contribution in [2.24, 2.45) is 0 Å². The van der Waals surface area contributed by atoms with Crippen LogP contribution in [0, 0.1) is 12.7 Å². The Labute approximate surface area is 115 Å². The molecule has 3 rings (SSSR count). The van der Waals surface area contributed by atoms with Gasteiger partial charge in [0.2, 0.25) is 0 Å². The maximum Gasteiger partial charge on any atom is 0.165 e. The summed E-state index contributed by atoms with van der Waals surface area (Å²) in [5.74, 6) is -0.0180. The minimum absolute atomic E-state index is 0.302. The molecule has 0 bridgehead atoms. The van der Waals surface area contributed by atoms with Crippen LogP contribution < -0.4 is 4.74 Å². The molecule has 0 aliphatic rings. The summed E-state index contributed by atoms with van der Waals surface area (Å²) in [7, 11) is 0. The Morgan fingerprint density at radius 3 is 2.79 bits per heavy atom. The second-order valence-corrected chi connectivity index (χ2v) is 5.64. The quantitative estimate of drug-likeness (QED) is 0.657. The van der Waals surface area contributed by atoms with Crippen molar-refractivity contribution in [1.29, 1.82) is 0 Å². The molecule has 2 aromatic carbocycles. The second kappa shape index (κ2) is 5.02. The van der Waals surface area contributed by atoms with Crippen LogP contribution in [-0.4, -0.2) is 0 Å². The lowest BCUT2D eigenvalue weighted by Gasteiger charge is -2.04. The highest BCUT2D eigenvalue weighted by atomic mass is 32.1. The minimum Gasteiger partial charge on any atom is -0.485 e. The third-order valence-electron chi connectivity index (χ3n) is 2.93. The Hall–Kier alpha value is -1.87. The fourth-order valence-corrected chi connectivity index (χ4v) is 2.96. The first-order valence-corrected chi connectivity index (χ1v) is 6.90. The van der Waals surface area contributed by atoms with E-state index >= 15 is 0 Å². The summed E-state index contributed by atoms with van der Waals surface area (Å²) < 4.78 is 20.2. The van der Waals surface area contributed by atoms with Crippen molar-refractivity contribution >= 4 is 21.4 Å². The summed E-state index contributed by atoms with van der Waals surface area (Å²) in [6.45, 7) is 2.48. The molecule has 0 N–H and O–H groups in total. The maximum atomic E-state index is 13.4. The number of aryl methyl sites for hydroxylation is 1. The van der Waals surface area contributed by atoms with Gasteiger partial charge in [0.25, 0.3) is 0 Å². The van der Waals surface area contributed by atoms with Crippen molar-refractivity contribution in [3.05, 3.63) is 64.8 Å². The SMILES string of the molecule is Cc1ccc2sc(COc3ccccc3F)cc2c1. The molecule has 0 amide bonds. The Balaban J connectivity index is 1.80. The van der Waals surface area contributed by atoms with Crippen molar-refractivity contribution in [3.8, 4) is 5.75 Å². The maximum absolute atomic E-state index is 13.4. The number of rotatable bonds is 3. The van der Waals surface area contributed by atoms with Gasteiger partial charge >= 0.3 is 0 Å². The molecule has 0 atom stereocenters. The van der Waals surface area contributed by atoms with Gasteiger partial charge < -0.3 is 4.74 Å². The number of hydrogen-bond donors (Lipinski definition) is 0. The van der Waals surface area contributed by atoms with Gasteiger partial charge in [0.05, 0.1) is 0 Å². The lowest BCUT2D eigenvalue weighted by atomic mass is 10.2. The van der Waals surface area contributed by atoms with Crippen molar-refractivity contribution < 1.29 is 9.13 Å². The number of thiophene rings is 1. The molecule has 0 radical (unpaired) electrons. The second-order valence-electron chi connectivity index (χ2n) is 4.47. The fourth-order valence-electron chi connectivity index (χ4n) is 2.00. The third kappa shape index (κ3) is 2.61.